The summed E-state index contributed by atoms with van der Waals surface area (Å²) < 4.78 is 17.2. The molecule has 2 aliphatic rings. The summed E-state index contributed by atoms with van der Waals surface area (Å²) in [6.45, 7) is 7.84. The van der Waals surface area contributed by atoms with Crippen molar-refractivity contribution in [2.45, 2.75) is 38.7 Å². The van der Waals surface area contributed by atoms with Crippen LogP contribution in [0.2, 0.25) is 0 Å². The summed E-state index contributed by atoms with van der Waals surface area (Å²) in [7, 11) is 0. The molecular weight excluding hydrogens is 469 g/mol. The van der Waals surface area contributed by atoms with Crippen LogP contribution in [-0.4, -0.2) is 58.1 Å². The molecule has 1 unspecified atom stereocenters. The minimum Gasteiger partial charge on any atom is -0.488 e. The summed E-state index contributed by atoms with van der Waals surface area (Å²) in [5.41, 5.74) is 1.28. The van der Waals surface area contributed by atoms with Gasteiger partial charge in [-0.3, -0.25) is 0 Å². The van der Waals surface area contributed by atoms with Crippen molar-refractivity contribution in [2.75, 3.05) is 46.1 Å². The predicted octanol–water partition coefficient (Wildman–Crippen LogP) is 3.00. The number of ether oxygens (including phenoxy) is 3. The maximum Gasteiger partial charge on any atom is 0.191 e. The highest BCUT2D eigenvalue weighted by molar-refractivity contribution is 14.0. The zero-order valence-electron chi connectivity index (χ0n) is 16.8. The van der Waals surface area contributed by atoms with E-state index < -0.39 is 0 Å². The van der Waals surface area contributed by atoms with Gasteiger partial charge in [-0.1, -0.05) is 18.2 Å². The van der Waals surface area contributed by atoms with E-state index in [0.29, 0.717) is 12.5 Å². The molecule has 1 saturated heterocycles. The van der Waals surface area contributed by atoms with Crippen molar-refractivity contribution in [3.05, 3.63) is 29.8 Å². The average Bonchev–Trinajstić information content (AvgIpc) is 3.12. The van der Waals surface area contributed by atoms with Crippen molar-refractivity contribution in [3.63, 3.8) is 0 Å². The number of guanidine groups is 1. The van der Waals surface area contributed by atoms with E-state index in [1.165, 1.54) is 5.56 Å². The van der Waals surface area contributed by atoms with Crippen molar-refractivity contribution < 1.29 is 14.2 Å². The second kappa shape index (κ2) is 13.2. The molecule has 1 aromatic rings. The fourth-order valence-electron chi connectivity index (χ4n) is 3.43. The second-order valence-corrected chi connectivity index (χ2v) is 7.18. The van der Waals surface area contributed by atoms with E-state index in [0.717, 1.165) is 76.9 Å². The number of halogens is 1. The van der Waals surface area contributed by atoms with Crippen molar-refractivity contribution in [3.8, 4) is 5.75 Å². The van der Waals surface area contributed by atoms with Crippen molar-refractivity contribution in [2.24, 2.45) is 10.9 Å². The molecule has 0 aliphatic carbocycles. The number of hydrogen-bond donors (Lipinski definition) is 2. The highest BCUT2D eigenvalue weighted by Crippen LogP contribution is 2.28. The van der Waals surface area contributed by atoms with Gasteiger partial charge in [0.2, 0.25) is 0 Å². The van der Waals surface area contributed by atoms with E-state index in [-0.39, 0.29) is 30.1 Å². The summed E-state index contributed by atoms with van der Waals surface area (Å²) >= 11 is 0. The van der Waals surface area contributed by atoms with Crippen LogP contribution in [0.3, 0.4) is 0 Å². The standard InChI is InChI=1S/C21H33N3O3.HI/c1-2-22-21(23-10-5-11-26-16-17-8-12-25-13-9-17)24-15-19-14-18-6-3-4-7-20(18)27-19;/h3-4,6-7,17,19H,2,5,8-16H2,1H3,(H2,22,23,24);1H. The minimum atomic E-state index is 0. The maximum atomic E-state index is 5.96. The third-order valence-corrected chi connectivity index (χ3v) is 4.96. The quantitative estimate of drug-likeness (QED) is 0.235. The van der Waals surface area contributed by atoms with E-state index in [2.05, 4.69) is 34.7 Å². The molecule has 0 radical (unpaired) electrons. The number of aliphatic imine (C=N–C) groups is 1. The van der Waals surface area contributed by atoms with Gasteiger partial charge in [0.25, 0.3) is 0 Å². The molecule has 1 fully saturated rings. The normalized spacial score (nSPS) is 19.5. The van der Waals surface area contributed by atoms with Crippen LogP contribution in [0.4, 0.5) is 0 Å². The van der Waals surface area contributed by atoms with Crippen LogP contribution in [0, 0.1) is 5.92 Å². The van der Waals surface area contributed by atoms with E-state index in [1.807, 2.05) is 12.1 Å². The fraction of sp³-hybridized carbons (Fsp3) is 0.667. The van der Waals surface area contributed by atoms with Gasteiger partial charge in [0.1, 0.15) is 11.9 Å². The van der Waals surface area contributed by atoms with Gasteiger partial charge in [0.05, 0.1) is 6.54 Å². The lowest BCUT2D eigenvalue weighted by atomic mass is 10.0. The smallest absolute Gasteiger partial charge is 0.191 e. The van der Waals surface area contributed by atoms with E-state index >= 15 is 0 Å². The lowest BCUT2D eigenvalue weighted by Gasteiger charge is -2.21. The molecule has 0 amide bonds. The zero-order valence-corrected chi connectivity index (χ0v) is 19.2. The van der Waals surface area contributed by atoms with Crippen molar-refractivity contribution in [1.29, 1.82) is 0 Å². The molecule has 2 heterocycles. The average molecular weight is 503 g/mol. The van der Waals surface area contributed by atoms with Crippen LogP contribution in [0.25, 0.3) is 0 Å². The Morgan fingerprint density at radius 1 is 1.21 bits per heavy atom. The first-order valence-corrected chi connectivity index (χ1v) is 10.3. The third kappa shape index (κ3) is 7.75. The van der Waals surface area contributed by atoms with Gasteiger partial charge in [-0.25, -0.2) is 4.99 Å². The molecule has 6 nitrogen and oxygen atoms in total. The van der Waals surface area contributed by atoms with Crippen LogP contribution in [-0.2, 0) is 15.9 Å². The molecule has 0 bridgehead atoms. The number of para-hydroxylation sites is 1. The topological polar surface area (TPSA) is 64.1 Å². The molecule has 158 valence electrons. The Kier molecular flexibility index (Phi) is 11.0. The Bertz CT molecular complexity index is 569. The summed E-state index contributed by atoms with van der Waals surface area (Å²) in [5.74, 6) is 2.51. The Hall–Kier alpha value is -1.06. The first kappa shape index (κ1) is 23.2. The lowest BCUT2D eigenvalue weighted by Crippen LogP contribution is -2.39. The molecule has 3 rings (SSSR count). The summed E-state index contributed by atoms with van der Waals surface area (Å²) in [6.07, 6.45) is 4.28. The SMILES string of the molecule is CCNC(=NCC1Cc2ccccc2O1)NCCCOCC1CCOCC1.I. The molecule has 2 N–H and O–H groups in total. The lowest BCUT2D eigenvalue weighted by molar-refractivity contribution is 0.0203. The van der Waals surface area contributed by atoms with E-state index in [1.54, 1.807) is 0 Å². The zero-order chi connectivity index (χ0) is 18.7. The molecule has 0 spiro atoms. The second-order valence-electron chi connectivity index (χ2n) is 7.18. The first-order chi connectivity index (χ1) is 13.3. The highest BCUT2D eigenvalue weighted by atomic mass is 127. The number of nitrogens with zero attached hydrogens (tertiary/aromatic N) is 1. The Morgan fingerprint density at radius 3 is 2.82 bits per heavy atom. The van der Waals surface area contributed by atoms with Crippen LogP contribution < -0.4 is 15.4 Å². The molecule has 0 saturated carbocycles. The molecule has 1 aromatic carbocycles. The van der Waals surface area contributed by atoms with Crippen LogP contribution in [0.1, 0.15) is 31.7 Å². The fourth-order valence-corrected chi connectivity index (χ4v) is 3.43. The van der Waals surface area contributed by atoms with Gasteiger partial charge in [-0.15, -0.1) is 24.0 Å². The van der Waals surface area contributed by atoms with Gasteiger partial charge in [-0.2, -0.15) is 0 Å². The van der Waals surface area contributed by atoms with E-state index in [9.17, 15) is 0 Å². The van der Waals surface area contributed by atoms with Crippen molar-refractivity contribution >= 4 is 29.9 Å². The Balaban J connectivity index is 0.00000280. The minimum absolute atomic E-state index is 0. The Labute approximate surface area is 185 Å². The third-order valence-electron chi connectivity index (χ3n) is 4.96. The van der Waals surface area contributed by atoms with Gasteiger partial charge in [0.15, 0.2) is 5.96 Å². The predicted molar refractivity (Wildman–Crippen MR) is 123 cm³/mol. The van der Waals surface area contributed by atoms with Crippen LogP contribution >= 0.6 is 24.0 Å². The van der Waals surface area contributed by atoms with E-state index in [4.69, 9.17) is 14.2 Å². The molecule has 28 heavy (non-hydrogen) atoms. The monoisotopic (exact) mass is 503 g/mol. The van der Waals surface area contributed by atoms with Gasteiger partial charge >= 0.3 is 0 Å². The molecule has 1 atom stereocenters. The largest absolute Gasteiger partial charge is 0.488 e. The van der Waals surface area contributed by atoms with Gasteiger partial charge in [-0.05, 0) is 43.7 Å². The summed E-state index contributed by atoms with van der Waals surface area (Å²) in [6, 6.07) is 8.23. The van der Waals surface area contributed by atoms with Crippen LogP contribution in [0.15, 0.2) is 29.3 Å². The molecule has 0 aromatic heterocycles. The van der Waals surface area contributed by atoms with Crippen molar-refractivity contribution in [1.82, 2.24) is 10.6 Å². The number of rotatable bonds is 9. The van der Waals surface area contributed by atoms with Crippen LogP contribution in [0.5, 0.6) is 5.75 Å². The highest BCUT2D eigenvalue weighted by Gasteiger charge is 2.21. The molecular formula is C21H34IN3O3. The summed E-state index contributed by atoms with van der Waals surface area (Å²) in [4.78, 5) is 4.68. The summed E-state index contributed by atoms with van der Waals surface area (Å²) in [5, 5.41) is 6.69. The Morgan fingerprint density at radius 2 is 2.04 bits per heavy atom. The number of benzene rings is 1. The number of fused-ring (bicyclic) bond motifs is 1. The van der Waals surface area contributed by atoms with Gasteiger partial charge in [0, 0.05) is 45.9 Å². The maximum absolute atomic E-state index is 5.96. The number of nitrogens with one attached hydrogen (secondary N) is 2. The molecule has 2 aliphatic heterocycles. The molecule has 7 heteroatoms. The van der Waals surface area contributed by atoms with Gasteiger partial charge < -0.3 is 24.8 Å². The number of hydrogen-bond acceptors (Lipinski definition) is 4. The first-order valence-electron chi connectivity index (χ1n) is 10.3.